The maximum Gasteiger partial charge on any atom is 0.251 e. The normalized spacial score (nSPS) is 17.1. The lowest BCUT2D eigenvalue weighted by molar-refractivity contribution is 0.0374. The van der Waals surface area contributed by atoms with Crippen LogP contribution in [-0.2, 0) is 21.3 Å². The molecule has 0 spiro atoms. The Bertz CT molecular complexity index is 516. The van der Waals surface area contributed by atoms with E-state index in [-0.39, 0.29) is 5.91 Å². The standard InChI is InChI=1S/C16H24N2O3S/c1-22(20)13-14-4-2-5-15(12-14)16(19)17-6-3-7-18-8-10-21-11-9-18/h2,4-5,12H,3,6-11,13H2,1H3,(H,17,19). The summed E-state index contributed by atoms with van der Waals surface area (Å²) in [7, 11) is -0.895. The van der Waals surface area contributed by atoms with Crippen molar-refractivity contribution in [2.45, 2.75) is 12.2 Å². The number of morpholine rings is 1. The van der Waals surface area contributed by atoms with Crippen LogP contribution in [0, 0.1) is 0 Å². The van der Waals surface area contributed by atoms with Gasteiger partial charge in [-0.3, -0.25) is 13.9 Å². The molecular weight excluding hydrogens is 300 g/mol. The molecule has 1 saturated heterocycles. The van der Waals surface area contributed by atoms with E-state index in [0.29, 0.717) is 17.9 Å². The molecule has 1 aromatic rings. The average Bonchev–Trinajstić information content (AvgIpc) is 2.52. The Hall–Kier alpha value is -1.24. The molecule has 6 heteroatoms. The van der Waals surface area contributed by atoms with E-state index in [2.05, 4.69) is 10.2 Å². The van der Waals surface area contributed by atoms with E-state index < -0.39 is 10.8 Å². The molecule has 1 aromatic carbocycles. The van der Waals surface area contributed by atoms with Gasteiger partial charge in [0.1, 0.15) is 0 Å². The minimum atomic E-state index is -0.895. The zero-order chi connectivity index (χ0) is 15.8. The maximum atomic E-state index is 12.1. The molecule has 1 fully saturated rings. The van der Waals surface area contributed by atoms with Crippen LogP contribution >= 0.6 is 0 Å². The van der Waals surface area contributed by atoms with Gasteiger partial charge in [0.15, 0.2) is 0 Å². The number of hydrogen-bond donors (Lipinski definition) is 1. The molecule has 1 aliphatic heterocycles. The highest BCUT2D eigenvalue weighted by molar-refractivity contribution is 7.83. The first kappa shape index (κ1) is 17.1. The fourth-order valence-electron chi connectivity index (χ4n) is 2.47. The Labute approximate surface area is 134 Å². The van der Waals surface area contributed by atoms with Gasteiger partial charge in [-0.25, -0.2) is 0 Å². The van der Waals surface area contributed by atoms with Crippen molar-refractivity contribution in [3.63, 3.8) is 0 Å². The van der Waals surface area contributed by atoms with Crippen LogP contribution in [0.1, 0.15) is 22.3 Å². The van der Waals surface area contributed by atoms with E-state index in [9.17, 15) is 9.00 Å². The number of nitrogens with one attached hydrogen (secondary N) is 1. The molecule has 22 heavy (non-hydrogen) atoms. The number of amides is 1. The molecule has 5 nitrogen and oxygen atoms in total. The molecule has 0 bridgehead atoms. The van der Waals surface area contributed by atoms with Crippen molar-refractivity contribution in [2.75, 3.05) is 45.6 Å². The number of nitrogens with zero attached hydrogens (tertiary/aromatic N) is 1. The number of rotatable bonds is 7. The van der Waals surface area contributed by atoms with E-state index >= 15 is 0 Å². The van der Waals surface area contributed by atoms with Crippen molar-refractivity contribution in [3.05, 3.63) is 35.4 Å². The molecule has 1 atom stereocenters. The zero-order valence-electron chi connectivity index (χ0n) is 13.0. The maximum absolute atomic E-state index is 12.1. The third-order valence-corrected chi connectivity index (χ3v) is 4.34. The predicted molar refractivity (Wildman–Crippen MR) is 88.4 cm³/mol. The summed E-state index contributed by atoms with van der Waals surface area (Å²) < 4.78 is 16.6. The molecule has 0 aromatic heterocycles. The molecule has 1 N–H and O–H groups in total. The first-order chi connectivity index (χ1) is 10.6. The second kappa shape index (κ2) is 9.02. The smallest absolute Gasteiger partial charge is 0.251 e. The van der Waals surface area contributed by atoms with Crippen LogP contribution in [0.25, 0.3) is 0 Å². The van der Waals surface area contributed by atoms with Gasteiger partial charge in [0.05, 0.1) is 13.2 Å². The quantitative estimate of drug-likeness (QED) is 0.761. The third kappa shape index (κ3) is 5.87. The summed E-state index contributed by atoms with van der Waals surface area (Å²) in [6, 6.07) is 7.35. The van der Waals surface area contributed by atoms with Crippen LogP contribution in [-0.4, -0.2) is 60.7 Å². The largest absolute Gasteiger partial charge is 0.379 e. The molecule has 1 heterocycles. The summed E-state index contributed by atoms with van der Waals surface area (Å²) in [5.41, 5.74) is 1.57. The molecule has 1 aliphatic rings. The van der Waals surface area contributed by atoms with E-state index in [0.717, 1.165) is 44.8 Å². The fourth-order valence-corrected chi connectivity index (χ4v) is 3.12. The van der Waals surface area contributed by atoms with Gasteiger partial charge in [-0.15, -0.1) is 0 Å². The topological polar surface area (TPSA) is 58.6 Å². The van der Waals surface area contributed by atoms with Gasteiger partial charge in [-0.05, 0) is 30.7 Å². The monoisotopic (exact) mass is 324 g/mol. The number of carbonyl (C=O) groups excluding carboxylic acids is 1. The minimum absolute atomic E-state index is 0.0642. The molecule has 1 amide bonds. The Morgan fingerprint density at radius 2 is 2.14 bits per heavy atom. The summed E-state index contributed by atoms with van der Waals surface area (Å²) >= 11 is 0. The van der Waals surface area contributed by atoms with Crippen molar-refractivity contribution < 1.29 is 13.7 Å². The lowest BCUT2D eigenvalue weighted by Crippen LogP contribution is -2.38. The van der Waals surface area contributed by atoms with Gasteiger partial charge < -0.3 is 10.1 Å². The van der Waals surface area contributed by atoms with E-state index in [4.69, 9.17) is 4.74 Å². The van der Waals surface area contributed by atoms with Crippen LogP contribution in [0.15, 0.2) is 24.3 Å². The summed E-state index contributed by atoms with van der Waals surface area (Å²) in [6.07, 6.45) is 2.60. The van der Waals surface area contributed by atoms with Crippen LogP contribution in [0.5, 0.6) is 0 Å². The lowest BCUT2D eigenvalue weighted by Gasteiger charge is -2.26. The van der Waals surface area contributed by atoms with Gasteiger partial charge in [0, 0.05) is 48.0 Å². The summed E-state index contributed by atoms with van der Waals surface area (Å²) in [4.78, 5) is 14.5. The van der Waals surface area contributed by atoms with E-state index in [1.807, 2.05) is 18.2 Å². The highest BCUT2D eigenvalue weighted by Gasteiger charge is 2.10. The number of hydrogen-bond acceptors (Lipinski definition) is 4. The van der Waals surface area contributed by atoms with Crippen molar-refractivity contribution in [1.29, 1.82) is 0 Å². The molecule has 0 radical (unpaired) electrons. The first-order valence-electron chi connectivity index (χ1n) is 7.62. The van der Waals surface area contributed by atoms with Crippen molar-refractivity contribution in [2.24, 2.45) is 0 Å². The van der Waals surface area contributed by atoms with Crippen LogP contribution in [0.4, 0.5) is 0 Å². The van der Waals surface area contributed by atoms with Crippen LogP contribution < -0.4 is 5.32 Å². The molecule has 2 rings (SSSR count). The number of ether oxygens (including phenoxy) is 1. The van der Waals surface area contributed by atoms with Crippen molar-refractivity contribution in [1.82, 2.24) is 10.2 Å². The highest BCUT2D eigenvalue weighted by atomic mass is 32.2. The van der Waals surface area contributed by atoms with Crippen LogP contribution in [0.3, 0.4) is 0 Å². The Kier molecular flexibility index (Phi) is 7.02. The summed E-state index contributed by atoms with van der Waals surface area (Å²) in [5.74, 6) is 0.420. The highest BCUT2D eigenvalue weighted by Crippen LogP contribution is 2.07. The summed E-state index contributed by atoms with van der Waals surface area (Å²) in [6.45, 7) is 5.21. The van der Waals surface area contributed by atoms with Gasteiger partial charge >= 0.3 is 0 Å². The minimum Gasteiger partial charge on any atom is -0.379 e. The van der Waals surface area contributed by atoms with Crippen molar-refractivity contribution in [3.8, 4) is 0 Å². The lowest BCUT2D eigenvalue weighted by atomic mass is 10.1. The molecule has 0 aliphatic carbocycles. The molecule has 122 valence electrons. The second-order valence-corrected chi connectivity index (χ2v) is 6.92. The number of carbonyl (C=O) groups is 1. The molecule has 0 saturated carbocycles. The van der Waals surface area contributed by atoms with Gasteiger partial charge in [-0.1, -0.05) is 12.1 Å². The third-order valence-electron chi connectivity index (χ3n) is 3.60. The van der Waals surface area contributed by atoms with E-state index in [1.165, 1.54) is 0 Å². The molecular formula is C16H24N2O3S. The summed E-state index contributed by atoms with van der Waals surface area (Å²) in [5, 5.41) is 2.95. The Morgan fingerprint density at radius 1 is 1.36 bits per heavy atom. The van der Waals surface area contributed by atoms with Crippen molar-refractivity contribution >= 4 is 16.7 Å². The fraction of sp³-hybridized carbons (Fsp3) is 0.562. The van der Waals surface area contributed by atoms with Gasteiger partial charge in [-0.2, -0.15) is 0 Å². The Morgan fingerprint density at radius 3 is 2.86 bits per heavy atom. The average molecular weight is 324 g/mol. The van der Waals surface area contributed by atoms with Crippen LogP contribution in [0.2, 0.25) is 0 Å². The first-order valence-corrected chi connectivity index (χ1v) is 9.35. The SMILES string of the molecule is CS(=O)Cc1cccc(C(=O)NCCCN2CCOCC2)c1. The van der Waals surface area contributed by atoms with Gasteiger partial charge in [0.2, 0.25) is 0 Å². The predicted octanol–water partition coefficient (Wildman–Crippen LogP) is 1.02. The zero-order valence-corrected chi connectivity index (χ0v) is 13.9. The second-order valence-electron chi connectivity index (χ2n) is 5.48. The van der Waals surface area contributed by atoms with E-state index in [1.54, 1.807) is 12.3 Å². The Balaban J connectivity index is 1.73. The molecule has 1 unspecified atom stereocenters. The van der Waals surface area contributed by atoms with Gasteiger partial charge in [0.25, 0.3) is 5.91 Å². The number of benzene rings is 1.